The molecule has 1 heterocycles. The highest BCUT2D eigenvalue weighted by Gasteiger charge is 2.39. The minimum Gasteiger partial charge on any atom is -0.504 e. The van der Waals surface area contributed by atoms with Gasteiger partial charge >= 0.3 is 5.97 Å². The third kappa shape index (κ3) is 17.2. The summed E-state index contributed by atoms with van der Waals surface area (Å²) in [5.41, 5.74) is 0. The summed E-state index contributed by atoms with van der Waals surface area (Å²) >= 11 is 0. The Morgan fingerprint density at radius 1 is 0.553 bits per heavy atom. The molecule has 1 aliphatic heterocycles. The average molecular weight is 659 g/mol. The second-order valence-electron chi connectivity index (χ2n) is 12.8. The molecule has 47 heavy (non-hydrogen) atoms. The van der Waals surface area contributed by atoms with Crippen LogP contribution >= 0.6 is 0 Å². The quantitative estimate of drug-likeness (QED) is 0.0768. The molecule has 2 aromatic carbocycles. The molecule has 268 valence electrons. The number of para-hydroxylation sites is 2. The molecule has 1 unspecified atom stereocenters. The zero-order chi connectivity index (χ0) is 34.0. The molecule has 0 amide bonds. The zero-order valence-corrected chi connectivity index (χ0v) is 30.2. The lowest BCUT2D eigenvalue weighted by Gasteiger charge is -2.21. The predicted octanol–water partition coefficient (Wildman–Crippen LogP) is 11.9. The van der Waals surface area contributed by atoms with Crippen LogP contribution in [0.15, 0.2) is 36.4 Å². The van der Waals surface area contributed by atoms with E-state index in [0.717, 1.165) is 25.0 Å². The van der Waals surface area contributed by atoms with E-state index in [1.54, 1.807) is 19.1 Å². The standard InChI is InChI=1S/C22H36O4.C18H30O3/c1-4-6-7-8-9-10-11-12-13-14-18-23-19-16-15-17-20-21(19)26-22(3,25-20)24-5-2;1-2-3-4-5-6-7-8-9-10-11-15-21-17-14-12-13-16(19)18(17)20/h15-17H,4-14,18H2,1-3H3;12-14,19-20H,2-11,15H2,1H3. The highest BCUT2D eigenvalue weighted by atomic mass is 16.9. The van der Waals surface area contributed by atoms with E-state index in [4.69, 9.17) is 23.7 Å². The molecule has 2 aromatic rings. The van der Waals surface area contributed by atoms with Gasteiger partial charge in [-0.1, -0.05) is 142 Å². The summed E-state index contributed by atoms with van der Waals surface area (Å²) < 4.78 is 28.6. The van der Waals surface area contributed by atoms with Crippen LogP contribution in [0.5, 0.6) is 34.5 Å². The van der Waals surface area contributed by atoms with E-state index in [2.05, 4.69) is 13.8 Å². The van der Waals surface area contributed by atoms with Gasteiger partial charge in [0, 0.05) is 6.92 Å². The molecule has 0 fully saturated rings. The van der Waals surface area contributed by atoms with Crippen LogP contribution < -0.4 is 18.9 Å². The zero-order valence-electron chi connectivity index (χ0n) is 30.2. The number of fused-ring (bicyclic) bond motifs is 1. The summed E-state index contributed by atoms with van der Waals surface area (Å²) in [6.45, 7) is 10.0. The van der Waals surface area contributed by atoms with E-state index in [9.17, 15) is 10.2 Å². The molecule has 0 saturated carbocycles. The van der Waals surface area contributed by atoms with E-state index < -0.39 is 5.97 Å². The first-order valence-corrected chi connectivity index (χ1v) is 18.9. The van der Waals surface area contributed by atoms with Crippen molar-refractivity contribution < 1.29 is 33.9 Å². The van der Waals surface area contributed by atoms with Crippen molar-refractivity contribution in [3.8, 4) is 34.5 Å². The fourth-order valence-corrected chi connectivity index (χ4v) is 5.69. The van der Waals surface area contributed by atoms with Crippen LogP contribution in [0.2, 0.25) is 0 Å². The van der Waals surface area contributed by atoms with Gasteiger partial charge in [0.15, 0.2) is 23.0 Å². The Balaban J connectivity index is 0.000000335. The third-order valence-corrected chi connectivity index (χ3v) is 8.42. The first-order valence-electron chi connectivity index (χ1n) is 18.9. The first-order chi connectivity index (χ1) is 22.9. The lowest BCUT2D eigenvalue weighted by atomic mass is 10.1. The van der Waals surface area contributed by atoms with E-state index in [-0.39, 0.29) is 11.5 Å². The van der Waals surface area contributed by atoms with Crippen molar-refractivity contribution in [2.75, 3.05) is 19.8 Å². The van der Waals surface area contributed by atoms with Crippen molar-refractivity contribution in [2.45, 2.75) is 162 Å². The smallest absolute Gasteiger partial charge is 0.369 e. The van der Waals surface area contributed by atoms with Crippen molar-refractivity contribution in [2.24, 2.45) is 0 Å². The minimum atomic E-state index is -1.05. The van der Waals surface area contributed by atoms with Gasteiger partial charge in [-0.15, -0.1) is 0 Å². The number of phenols is 2. The number of hydrogen-bond acceptors (Lipinski definition) is 7. The molecule has 0 aromatic heterocycles. The first kappa shape index (κ1) is 40.4. The van der Waals surface area contributed by atoms with Crippen LogP contribution in [0.1, 0.15) is 156 Å². The second kappa shape index (κ2) is 25.2. The van der Waals surface area contributed by atoms with Gasteiger partial charge in [-0.25, -0.2) is 0 Å². The van der Waals surface area contributed by atoms with Crippen LogP contribution in [0, 0.1) is 0 Å². The Kier molecular flexibility index (Phi) is 21.7. The summed E-state index contributed by atoms with van der Waals surface area (Å²) in [6, 6.07) is 10.5. The van der Waals surface area contributed by atoms with Crippen molar-refractivity contribution in [3.05, 3.63) is 36.4 Å². The Morgan fingerprint density at radius 2 is 1.00 bits per heavy atom. The van der Waals surface area contributed by atoms with Crippen molar-refractivity contribution in [1.29, 1.82) is 0 Å². The van der Waals surface area contributed by atoms with E-state index in [0.29, 0.717) is 37.1 Å². The monoisotopic (exact) mass is 658 g/mol. The van der Waals surface area contributed by atoms with E-state index >= 15 is 0 Å². The lowest BCUT2D eigenvalue weighted by molar-refractivity contribution is -0.266. The molecule has 1 atom stereocenters. The van der Waals surface area contributed by atoms with Gasteiger partial charge in [0.1, 0.15) is 0 Å². The van der Waals surface area contributed by atoms with Gasteiger partial charge in [-0.05, 0) is 44.0 Å². The summed E-state index contributed by atoms with van der Waals surface area (Å²) in [6.07, 6.45) is 26.1. The van der Waals surface area contributed by atoms with Crippen LogP contribution in [0.3, 0.4) is 0 Å². The molecular formula is C40H66O7. The average Bonchev–Trinajstić information content (AvgIpc) is 3.41. The minimum absolute atomic E-state index is 0.129. The molecule has 0 radical (unpaired) electrons. The maximum atomic E-state index is 9.58. The maximum absolute atomic E-state index is 9.58. The number of ether oxygens (including phenoxy) is 5. The van der Waals surface area contributed by atoms with Crippen molar-refractivity contribution in [3.63, 3.8) is 0 Å². The number of benzene rings is 2. The topological polar surface area (TPSA) is 86.6 Å². The van der Waals surface area contributed by atoms with E-state index in [1.807, 2.05) is 25.1 Å². The Morgan fingerprint density at radius 3 is 1.51 bits per heavy atom. The van der Waals surface area contributed by atoms with Crippen LogP contribution in [0.4, 0.5) is 0 Å². The molecule has 0 spiro atoms. The molecule has 3 rings (SSSR count). The number of unbranched alkanes of at least 4 members (excludes halogenated alkanes) is 18. The van der Waals surface area contributed by atoms with Gasteiger partial charge in [-0.3, -0.25) is 0 Å². The molecule has 0 aliphatic carbocycles. The fourth-order valence-electron chi connectivity index (χ4n) is 5.69. The largest absolute Gasteiger partial charge is 0.504 e. The Bertz CT molecular complexity index is 1060. The van der Waals surface area contributed by atoms with Crippen molar-refractivity contribution >= 4 is 0 Å². The van der Waals surface area contributed by atoms with Gasteiger partial charge in [0.05, 0.1) is 19.8 Å². The Labute approximate surface area is 286 Å². The number of aromatic hydroxyl groups is 2. The van der Waals surface area contributed by atoms with Crippen LogP contribution in [-0.2, 0) is 4.74 Å². The predicted molar refractivity (Wildman–Crippen MR) is 192 cm³/mol. The third-order valence-electron chi connectivity index (χ3n) is 8.42. The molecule has 7 nitrogen and oxygen atoms in total. The van der Waals surface area contributed by atoms with Crippen LogP contribution in [0.25, 0.3) is 0 Å². The highest BCUT2D eigenvalue weighted by Crippen LogP contribution is 2.46. The molecule has 7 heteroatoms. The van der Waals surface area contributed by atoms with Gasteiger partial charge in [0.25, 0.3) is 0 Å². The highest BCUT2D eigenvalue weighted by molar-refractivity contribution is 5.53. The van der Waals surface area contributed by atoms with E-state index in [1.165, 1.54) is 115 Å². The van der Waals surface area contributed by atoms with Gasteiger partial charge < -0.3 is 33.9 Å². The second-order valence-corrected chi connectivity index (χ2v) is 12.8. The number of phenolic OH excluding ortho intramolecular Hbond substituents is 2. The molecular weight excluding hydrogens is 592 g/mol. The number of rotatable bonds is 26. The SMILES string of the molecule is CCCCCCCCCCCCOc1cccc(O)c1O.CCCCCCCCCCCCOc1cccc2c1OC(C)(OCC)O2. The summed E-state index contributed by atoms with van der Waals surface area (Å²) in [7, 11) is 0. The van der Waals surface area contributed by atoms with Crippen molar-refractivity contribution in [1.82, 2.24) is 0 Å². The van der Waals surface area contributed by atoms with Gasteiger partial charge in [-0.2, -0.15) is 0 Å². The van der Waals surface area contributed by atoms with Crippen LogP contribution in [-0.4, -0.2) is 36.0 Å². The summed E-state index contributed by atoms with van der Waals surface area (Å²) in [5, 5.41) is 18.9. The fraction of sp³-hybridized carbons (Fsp3) is 0.700. The normalized spacial score (nSPS) is 14.9. The molecule has 0 bridgehead atoms. The molecule has 0 saturated heterocycles. The maximum Gasteiger partial charge on any atom is 0.369 e. The number of hydrogen-bond donors (Lipinski definition) is 2. The summed E-state index contributed by atoms with van der Waals surface area (Å²) in [4.78, 5) is 0. The lowest BCUT2D eigenvalue weighted by Crippen LogP contribution is -2.37. The Hall–Kier alpha value is -2.80. The summed E-state index contributed by atoms with van der Waals surface area (Å²) in [5.74, 6) is 1.10. The molecule has 1 aliphatic rings. The molecule has 2 N–H and O–H groups in total. The van der Waals surface area contributed by atoms with Gasteiger partial charge in [0.2, 0.25) is 11.5 Å².